The summed E-state index contributed by atoms with van der Waals surface area (Å²) in [6.07, 6.45) is 5.68. The summed E-state index contributed by atoms with van der Waals surface area (Å²) in [5, 5.41) is 10.5. The van der Waals surface area contributed by atoms with Crippen LogP contribution in [0.1, 0.15) is 24.1 Å². The van der Waals surface area contributed by atoms with Crippen LogP contribution in [0, 0.1) is 17.6 Å². The summed E-state index contributed by atoms with van der Waals surface area (Å²) in [5.41, 5.74) is 1.88. The van der Waals surface area contributed by atoms with Crippen molar-refractivity contribution < 1.29 is 8.78 Å². The molecule has 0 aliphatic carbocycles. The van der Waals surface area contributed by atoms with Gasteiger partial charge in [0.1, 0.15) is 0 Å². The predicted octanol–water partition coefficient (Wildman–Crippen LogP) is 2.58. The Morgan fingerprint density at radius 2 is 2.00 bits per heavy atom. The quantitative estimate of drug-likeness (QED) is 0.923. The van der Waals surface area contributed by atoms with Gasteiger partial charge in [-0.3, -0.25) is 0 Å². The van der Waals surface area contributed by atoms with Gasteiger partial charge in [0, 0.05) is 13.0 Å². The predicted molar refractivity (Wildman–Crippen MR) is 79.3 cm³/mol. The van der Waals surface area contributed by atoms with Crippen LogP contribution in [0.2, 0.25) is 0 Å². The van der Waals surface area contributed by atoms with Crippen LogP contribution in [0.3, 0.4) is 0 Å². The maximum atomic E-state index is 13.2. The fourth-order valence-electron chi connectivity index (χ4n) is 3.03. The van der Waals surface area contributed by atoms with E-state index < -0.39 is 11.6 Å². The van der Waals surface area contributed by atoms with E-state index in [0.717, 1.165) is 56.6 Å². The van der Waals surface area contributed by atoms with Gasteiger partial charge in [-0.15, -0.1) is 0 Å². The Hall–Kier alpha value is -1.82. The zero-order valence-corrected chi connectivity index (χ0v) is 12.4. The molecule has 22 heavy (non-hydrogen) atoms. The van der Waals surface area contributed by atoms with Gasteiger partial charge >= 0.3 is 0 Å². The van der Waals surface area contributed by atoms with Crippen LogP contribution < -0.4 is 0 Å². The van der Waals surface area contributed by atoms with E-state index in [9.17, 15) is 8.78 Å². The summed E-state index contributed by atoms with van der Waals surface area (Å²) in [4.78, 5) is 2.43. The smallest absolute Gasteiger partial charge is 0.159 e. The van der Waals surface area contributed by atoms with E-state index in [1.807, 2.05) is 0 Å². The Morgan fingerprint density at radius 1 is 1.18 bits per heavy atom. The molecule has 1 fully saturated rings. The Balaban J connectivity index is 1.44. The Kier molecular flexibility index (Phi) is 4.77. The molecule has 1 saturated heterocycles. The van der Waals surface area contributed by atoms with E-state index in [1.165, 1.54) is 12.1 Å². The van der Waals surface area contributed by atoms with E-state index in [1.54, 1.807) is 12.3 Å². The number of nitrogens with zero attached hydrogens (tertiary/aromatic N) is 3. The summed E-state index contributed by atoms with van der Waals surface area (Å²) >= 11 is 0. The van der Waals surface area contributed by atoms with Crippen molar-refractivity contribution in [1.29, 1.82) is 0 Å². The number of piperidine rings is 1. The number of rotatable bonds is 5. The number of halogens is 2. The monoisotopic (exact) mass is 306 g/mol. The Morgan fingerprint density at radius 3 is 2.68 bits per heavy atom. The molecule has 118 valence electrons. The molecule has 1 aliphatic heterocycles. The first-order chi connectivity index (χ1) is 10.7. The van der Waals surface area contributed by atoms with Crippen LogP contribution in [0.15, 0.2) is 24.4 Å². The van der Waals surface area contributed by atoms with Crippen molar-refractivity contribution in [2.24, 2.45) is 5.92 Å². The average Bonchev–Trinajstić information content (AvgIpc) is 3.04. The van der Waals surface area contributed by atoms with Crippen LogP contribution in [0.4, 0.5) is 8.78 Å². The maximum absolute atomic E-state index is 13.2. The van der Waals surface area contributed by atoms with Crippen LogP contribution in [0.5, 0.6) is 0 Å². The van der Waals surface area contributed by atoms with Crippen LogP contribution >= 0.6 is 0 Å². The van der Waals surface area contributed by atoms with Gasteiger partial charge in [0.15, 0.2) is 11.6 Å². The van der Waals surface area contributed by atoms with Gasteiger partial charge in [0.25, 0.3) is 0 Å². The highest BCUT2D eigenvalue weighted by Gasteiger charge is 2.19. The van der Waals surface area contributed by atoms with Crippen LogP contribution in [0.25, 0.3) is 0 Å². The largest absolute Gasteiger partial charge is 0.303 e. The highest BCUT2D eigenvalue weighted by atomic mass is 19.2. The molecule has 1 N–H and O–H groups in total. The summed E-state index contributed by atoms with van der Waals surface area (Å²) in [6, 6.07) is 4.24. The number of hydrogen-bond donors (Lipinski definition) is 1. The summed E-state index contributed by atoms with van der Waals surface area (Å²) in [6.45, 7) is 3.09. The lowest BCUT2D eigenvalue weighted by Crippen LogP contribution is -2.35. The van der Waals surface area contributed by atoms with E-state index in [2.05, 4.69) is 20.3 Å². The molecule has 0 unspecified atom stereocenters. The van der Waals surface area contributed by atoms with Gasteiger partial charge in [-0.1, -0.05) is 6.07 Å². The molecule has 4 nitrogen and oxygen atoms in total. The first-order valence-corrected chi connectivity index (χ1v) is 7.71. The second-order valence-electron chi connectivity index (χ2n) is 5.95. The van der Waals surface area contributed by atoms with Crippen LogP contribution in [-0.4, -0.2) is 39.9 Å². The number of likely N-dealkylation sites (tertiary alicyclic amines) is 1. The van der Waals surface area contributed by atoms with E-state index in [0.29, 0.717) is 5.92 Å². The Bertz CT molecular complexity index is 592. The minimum absolute atomic E-state index is 0.549. The van der Waals surface area contributed by atoms with Crippen molar-refractivity contribution in [2.45, 2.75) is 25.7 Å². The highest BCUT2D eigenvalue weighted by molar-refractivity contribution is 5.18. The summed E-state index contributed by atoms with van der Waals surface area (Å²) in [5.74, 6) is -0.970. The van der Waals surface area contributed by atoms with Crippen molar-refractivity contribution in [2.75, 3.05) is 19.6 Å². The average molecular weight is 306 g/mol. The molecule has 1 aromatic heterocycles. The van der Waals surface area contributed by atoms with Gasteiger partial charge in [-0.05, 0) is 56.0 Å². The van der Waals surface area contributed by atoms with Crippen molar-refractivity contribution in [3.8, 4) is 0 Å². The molecule has 0 atom stereocenters. The SMILES string of the molecule is Fc1ccc(CC2CCN(CCc3cn[nH]n3)CC2)cc1F. The molecule has 1 aromatic carbocycles. The zero-order valence-electron chi connectivity index (χ0n) is 12.4. The van der Waals surface area contributed by atoms with Crippen molar-refractivity contribution in [3.05, 3.63) is 47.3 Å². The molecule has 1 aliphatic rings. The van der Waals surface area contributed by atoms with Gasteiger partial charge in [0.2, 0.25) is 0 Å². The molecular weight excluding hydrogens is 286 g/mol. The normalized spacial score (nSPS) is 17.0. The molecule has 3 rings (SSSR count). The first-order valence-electron chi connectivity index (χ1n) is 7.71. The van der Waals surface area contributed by atoms with Gasteiger partial charge in [-0.25, -0.2) is 8.78 Å². The Labute approximate surface area is 128 Å². The van der Waals surface area contributed by atoms with Gasteiger partial charge in [0.05, 0.1) is 11.9 Å². The lowest BCUT2D eigenvalue weighted by atomic mass is 9.90. The van der Waals surface area contributed by atoms with E-state index in [4.69, 9.17) is 0 Å². The van der Waals surface area contributed by atoms with Crippen molar-refractivity contribution in [1.82, 2.24) is 20.3 Å². The molecule has 0 amide bonds. The molecule has 0 saturated carbocycles. The van der Waals surface area contributed by atoms with Crippen LogP contribution in [-0.2, 0) is 12.8 Å². The second kappa shape index (κ2) is 6.96. The number of H-pyrrole nitrogens is 1. The summed E-state index contributed by atoms with van der Waals surface area (Å²) in [7, 11) is 0. The molecule has 2 heterocycles. The molecule has 2 aromatic rings. The van der Waals surface area contributed by atoms with Gasteiger partial charge in [-0.2, -0.15) is 15.4 Å². The molecule has 0 bridgehead atoms. The molecule has 0 spiro atoms. The fraction of sp³-hybridized carbons (Fsp3) is 0.500. The number of aromatic nitrogens is 3. The summed E-state index contributed by atoms with van der Waals surface area (Å²) < 4.78 is 26.2. The molecule has 0 radical (unpaired) electrons. The lowest BCUT2D eigenvalue weighted by molar-refractivity contribution is 0.185. The van der Waals surface area contributed by atoms with E-state index in [-0.39, 0.29) is 0 Å². The van der Waals surface area contributed by atoms with Crippen molar-refractivity contribution >= 4 is 0 Å². The zero-order chi connectivity index (χ0) is 15.4. The number of aromatic amines is 1. The lowest BCUT2D eigenvalue weighted by Gasteiger charge is -2.31. The van der Waals surface area contributed by atoms with Crippen molar-refractivity contribution in [3.63, 3.8) is 0 Å². The maximum Gasteiger partial charge on any atom is 0.159 e. The fourth-order valence-corrected chi connectivity index (χ4v) is 3.03. The second-order valence-corrected chi connectivity index (χ2v) is 5.95. The third kappa shape index (κ3) is 3.88. The molecular formula is C16H20F2N4. The number of hydrogen-bond acceptors (Lipinski definition) is 3. The topological polar surface area (TPSA) is 44.8 Å². The first kappa shape index (κ1) is 15.1. The number of nitrogens with one attached hydrogen (secondary N) is 1. The molecule has 6 heteroatoms. The van der Waals surface area contributed by atoms with E-state index >= 15 is 0 Å². The number of benzene rings is 1. The minimum Gasteiger partial charge on any atom is -0.303 e. The standard InChI is InChI=1S/C16H20F2N4/c17-15-2-1-13(10-16(15)18)9-12-3-6-22(7-4-12)8-5-14-11-19-21-20-14/h1-2,10-12H,3-9H2,(H,19,20,21). The third-order valence-electron chi connectivity index (χ3n) is 4.36. The third-order valence-corrected chi connectivity index (χ3v) is 4.36. The van der Waals surface area contributed by atoms with Gasteiger partial charge < -0.3 is 4.90 Å². The highest BCUT2D eigenvalue weighted by Crippen LogP contribution is 2.22. The minimum atomic E-state index is -0.772.